The van der Waals surface area contributed by atoms with Crippen molar-refractivity contribution in [2.45, 2.75) is 20.0 Å². The van der Waals surface area contributed by atoms with Gasteiger partial charge in [0.15, 0.2) is 17.8 Å². The maximum Gasteiger partial charge on any atom is 0.265 e. The third-order valence-electron chi connectivity index (χ3n) is 4.41. The minimum atomic E-state index is -0.527. The zero-order valence-electron chi connectivity index (χ0n) is 16.2. The number of hydrogen-bond donors (Lipinski definition) is 2. The van der Waals surface area contributed by atoms with Crippen LogP contribution in [0.3, 0.4) is 0 Å². The number of rotatable bonds is 5. The molecular formula is C21H18ClN3O4S. The van der Waals surface area contributed by atoms with Crippen molar-refractivity contribution in [3.8, 4) is 22.8 Å². The molecule has 154 valence electrons. The highest BCUT2D eigenvalue weighted by Gasteiger charge is 2.24. The topological polar surface area (TPSA) is 89.5 Å². The average molecular weight is 444 g/mol. The number of fused-ring (bicyclic) bond motifs is 1. The molecule has 0 unspecified atom stereocenters. The molecule has 0 spiro atoms. The van der Waals surface area contributed by atoms with Crippen molar-refractivity contribution in [3.63, 3.8) is 0 Å². The van der Waals surface area contributed by atoms with Crippen molar-refractivity contribution in [3.05, 3.63) is 52.4 Å². The quantitative estimate of drug-likeness (QED) is 0.605. The van der Waals surface area contributed by atoms with Crippen molar-refractivity contribution in [1.29, 1.82) is 0 Å². The maximum atomic E-state index is 12.2. The molecule has 9 heteroatoms. The minimum absolute atomic E-state index is 0.143. The molecule has 2 aromatic carbocycles. The van der Waals surface area contributed by atoms with Crippen molar-refractivity contribution in [1.82, 2.24) is 4.98 Å². The summed E-state index contributed by atoms with van der Waals surface area (Å²) in [7, 11) is 0. The van der Waals surface area contributed by atoms with E-state index in [-0.39, 0.29) is 18.4 Å². The fraction of sp³-hybridized carbons (Fsp3) is 0.190. The third kappa shape index (κ3) is 4.39. The summed E-state index contributed by atoms with van der Waals surface area (Å²) in [6, 6.07) is 12.3. The van der Waals surface area contributed by atoms with Crippen LogP contribution in [0, 0.1) is 6.92 Å². The van der Waals surface area contributed by atoms with Gasteiger partial charge in [-0.2, -0.15) is 0 Å². The smallest absolute Gasteiger partial charge is 0.265 e. The minimum Gasteiger partial charge on any atom is -0.484 e. The highest BCUT2D eigenvalue weighted by molar-refractivity contribution is 7.16. The van der Waals surface area contributed by atoms with E-state index in [2.05, 4.69) is 15.6 Å². The molecule has 1 aliphatic heterocycles. The Morgan fingerprint density at radius 1 is 1.30 bits per heavy atom. The number of nitrogens with zero attached hydrogens (tertiary/aromatic N) is 1. The number of thiazole rings is 1. The van der Waals surface area contributed by atoms with Crippen molar-refractivity contribution >= 4 is 45.6 Å². The van der Waals surface area contributed by atoms with Gasteiger partial charge in [-0.3, -0.25) is 14.9 Å². The second-order valence-corrected chi connectivity index (χ2v) is 8.31. The van der Waals surface area contributed by atoms with E-state index in [4.69, 9.17) is 21.1 Å². The lowest BCUT2D eigenvalue weighted by Gasteiger charge is -2.23. The Balaban J connectivity index is 1.44. The van der Waals surface area contributed by atoms with E-state index in [1.54, 1.807) is 37.3 Å². The van der Waals surface area contributed by atoms with Gasteiger partial charge in [-0.05, 0) is 56.3 Å². The van der Waals surface area contributed by atoms with Gasteiger partial charge in [0.25, 0.3) is 11.8 Å². The molecule has 3 aromatic rings. The van der Waals surface area contributed by atoms with Crippen molar-refractivity contribution in [2.75, 3.05) is 17.2 Å². The highest BCUT2D eigenvalue weighted by Crippen LogP contribution is 2.36. The van der Waals surface area contributed by atoms with Crippen LogP contribution in [0.5, 0.6) is 11.5 Å². The molecule has 30 heavy (non-hydrogen) atoms. The van der Waals surface area contributed by atoms with Gasteiger partial charge in [0.05, 0.1) is 11.4 Å². The van der Waals surface area contributed by atoms with Gasteiger partial charge in [0.1, 0.15) is 11.5 Å². The summed E-state index contributed by atoms with van der Waals surface area (Å²) in [4.78, 5) is 29.5. The van der Waals surface area contributed by atoms with Crippen LogP contribution < -0.4 is 20.1 Å². The second kappa shape index (κ2) is 8.33. The molecule has 0 saturated heterocycles. The van der Waals surface area contributed by atoms with Crippen LogP contribution in [0.1, 0.15) is 11.8 Å². The molecule has 0 bridgehead atoms. The number of aryl methyl sites for hydroxylation is 1. The first-order valence-electron chi connectivity index (χ1n) is 9.16. The third-order valence-corrected chi connectivity index (χ3v) is 5.55. The number of carbonyl (C=O) groups is 2. The summed E-state index contributed by atoms with van der Waals surface area (Å²) in [5, 5.41) is 6.65. The van der Waals surface area contributed by atoms with Gasteiger partial charge in [-0.1, -0.05) is 11.6 Å². The van der Waals surface area contributed by atoms with Gasteiger partial charge >= 0.3 is 0 Å². The van der Waals surface area contributed by atoms with Crippen LogP contribution in [-0.2, 0) is 9.59 Å². The summed E-state index contributed by atoms with van der Waals surface area (Å²) in [6.45, 7) is 3.47. The molecule has 0 radical (unpaired) electrons. The predicted octanol–water partition coefficient (Wildman–Crippen LogP) is 4.51. The first-order chi connectivity index (χ1) is 14.4. The summed E-state index contributed by atoms with van der Waals surface area (Å²) in [5.74, 6) is 0.665. The predicted molar refractivity (Wildman–Crippen MR) is 117 cm³/mol. The number of amides is 2. The van der Waals surface area contributed by atoms with E-state index in [0.29, 0.717) is 27.3 Å². The fourth-order valence-electron chi connectivity index (χ4n) is 2.91. The molecule has 1 aromatic heterocycles. The number of hydrogen-bond acceptors (Lipinski definition) is 6. The lowest BCUT2D eigenvalue weighted by Crippen LogP contribution is -2.34. The molecule has 0 saturated carbocycles. The van der Waals surface area contributed by atoms with Gasteiger partial charge in [-0.15, -0.1) is 11.3 Å². The SMILES string of the molecule is Cc1sc(NC(=O)COc2ccc(Cl)cc2)nc1-c1ccc2c(c1)NC(=O)[C@H](C)O2. The second-order valence-electron chi connectivity index (χ2n) is 6.67. The Kier molecular flexibility index (Phi) is 5.61. The molecule has 4 rings (SSSR count). The average Bonchev–Trinajstić information content (AvgIpc) is 3.08. The fourth-order valence-corrected chi connectivity index (χ4v) is 3.89. The van der Waals surface area contributed by atoms with Gasteiger partial charge in [0, 0.05) is 15.5 Å². The Morgan fingerprint density at radius 2 is 2.07 bits per heavy atom. The summed E-state index contributed by atoms with van der Waals surface area (Å²) in [6.07, 6.45) is -0.527. The number of nitrogens with one attached hydrogen (secondary N) is 2. The number of carbonyl (C=O) groups excluding carboxylic acids is 2. The van der Waals surface area contributed by atoms with E-state index in [0.717, 1.165) is 16.1 Å². The molecule has 2 N–H and O–H groups in total. The highest BCUT2D eigenvalue weighted by atomic mass is 35.5. The van der Waals surface area contributed by atoms with Crippen molar-refractivity contribution < 1.29 is 19.1 Å². The standard InChI is InChI=1S/C21H18ClN3O4S/c1-11-20(27)23-16-9-13(3-8-17(16)29-11)19-12(2)30-21(25-19)24-18(26)10-28-15-6-4-14(22)5-7-15/h3-9,11H,10H2,1-2H3,(H,23,27)(H,24,25,26)/t11-/m0/s1. The molecule has 7 nitrogen and oxygen atoms in total. The molecule has 2 heterocycles. The number of anilines is 2. The van der Waals surface area contributed by atoms with Gasteiger partial charge < -0.3 is 14.8 Å². The number of halogens is 1. The normalized spacial score (nSPS) is 15.0. The molecule has 1 aliphatic rings. The molecule has 0 aliphatic carbocycles. The zero-order chi connectivity index (χ0) is 21.3. The summed E-state index contributed by atoms with van der Waals surface area (Å²) in [5.41, 5.74) is 2.15. The Hall–Kier alpha value is -3.10. The molecule has 0 fully saturated rings. The van der Waals surface area contributed by atoms with E-state index in [1.165, 1.54) is 11.3 Å². The Labute approximate surface area is 182 Å². The van der Waals surface area contributed by atoms with Gasteiger partial charge in [-0.25, -0.2) is 4.98 Å². The first kappa shape index (κ1) is 20.2. The largest absolute Gasteiger partial charge is 0.484 e. The maximum absolute atomic E-state index is 12.2. The van der Waals surface area contributed by atoms with E-state index in [9.17, 15) is 9.59 Å². The summed E-state index contributed by atoms with van der Waals surface area (Å²) >= 11 is 7.20. The van der Waals surface area contributed by atoms with Crippen LogP contribution in [0.4, 0.5) is 10.8 Å². The lowest BCUT2D eigenvalue weighted by molar-refractivity contribution is -0.122. The molecular weight excluding hydrogens is 426 g/mol. The number of benzene rings is 2. The van der Waals surface area contributed by atoms with Crippen LogP contribution in [0.15, 0.2) is 42.5 Å². The van der Waals surface area contributed by atoms with Gasteiger partial charge in [0.2, 0.25) is 0 Å². The number of ether oxygens (including phenoxy) is 2. The van der Waals surface area contributed by atoms with Crippen LogP contribution >= 0.6 is 22.9 Å². The Morgan fingerprint density at radius 3 is 2.83 bits per heavy atom. The zero-order valence-corrected chi connectivity index (χ0v) is 17.8. The molecule has 2 amide bonds. The van der Waals surface area contributed by atoms with Crippen LogP contribution in [0.2, 0.25) is 5.02 Å². The van der Waals surface area contributed by atoms with E-state index >= 15 is 0 Å². The van der Waals surface area contributed by atoms with Crippen LogP contribution in [0.25, 0.3) is 11.3 Å². The molecule has 1 atom stereocenters. The van der Waals surface area contributed by atoms with E-state index < -0.39 is 6.10 Å². The summed E-state index contributed by atoms with van der Waals surface area (Å²) < 4.78 is 11.0. The van der Waals surface area contributed by atoms with E-state index in [1.807, 2.05) is 19.1 Å². The Bertz CT molecular complexity index is 1110. The lowest BCUT2D eigenvalue weighted by atomic mass is 10.1. The van der Waals surface area contributed by atoms with Crippen molar-refractivity contribution in [2.24, 2.45) is 0 Å². The van der Waals surface area contributed by atoms with Crippen LogP contribution in [-0.4, -0.2) is 29.5 Å². The number of aromatic nitrogens is 1. The monoisotopic (exact) mass is 443 g/mol. The first-order valence-corrected chi connectivity index (χ1v) is 10.4.